The Hall–Kier alpha value is -1.55. The Balaban J connectivity index is 2.39. The van der Waals surface area contributed by atoms with Crippen molar-refractivity contribution < 1.29 is 14.6 Å². The molecule has 4 nitrogen and oxygen atoms in total. The van der Waals surface area contributed by atoms with Gasteiger partial charge >= 0.3 is 0 Å². The van der Waals surface area contributed by atoms with E-state index in [1.165, 1.54) is 0 Å². The monoisotopic (exact) mass is 251 g/mol. The summed E-state index contributed by atoms with van der Waals surface area (Å²) in [6.07, 6.45) is 0. The molecule has 0 unspecified atom stereocenters. The Bertz CT molecular complexity index is 402. The van der Waals surface area contributed by atoms with Crippen molar-refractivity contribution in [1.29, 1.82) is 0 Å². The fourth-order valence-electron chi connectivity index (χ4n) is 1.52. The minimum atomic E-state index is -0.184. The lowest BCUT2D eigenvalue weighted by molar-refractivity contribution is 0.0885. The molecular weight excluding hydrogens is 230 g/mol. The summed E-state index contributed by atoms with van der Waals surface area (Å²) >= 11 is 0. The van der Waals surface area contributed by atoms with Gasteiger partial charge in [0.25, 0.3) is 5.91 Å². The number of rotatable bonds is 6. The zero-order chi connectivity index (χ0) is 13.5. The molecule has 0 fully saturated rings. The van der Waals surface area contributed by atoms with Gasteiger partial charge in [0.2, 0.25) is 0 Å². The molecule has 100 valence electrons. The summed E-state index contributed by atoms with van der Waals surface area (Å²) in [6, 6.07) is 4.92. The molecule has 1 aromatic carbocycles. The van der Waals surface area contributed by atoms with Crippen molar-refractivity contribution in [2.75, 3.05) is 19.8 Å². The highest BCUT2D eigenvalue weighted by Crippen LogP contribution is 2.19. The van der Waals surface area contributed by atoms with Crippen molar-refractivity contribution in [2.45, 2.75) is 20.8 Å². The summed E-state index contributed by atoms with van der Waals surface area (Å²) in [5.74, 6) is 0.448. The van der Waals surface area contributed by atoms with Gasteiger partial charge in [0, 0.05) is 24.3 Å². The van der Waals surface area contributed by atoms with Crippen molar-refractivity contribution >= 4 is 5.91 Å². The van der Waals surface area contributed by atoms with Crippen LogP contribution in [0.1, 0.15) is 29.8 Å². The quantitative estimate of drug-likeness (QED) is 0.761. The molecule has 1 amide bonds. The van der Waals surface area contributed by atoms with Gasteiger partial charge in [-0.15, -0.1) is 0 Å². The lowest BCUT2D eigenvalue weighted by atomic mass is 10.1. The Morgan fingerprint density at radius 1 is 1.44 bits per heavy atom. The normalized spacial score (nSPS) is 10.7. The topological polar surface area (TPSA) is 58.6 Å². The number of phenols is 1. The van der Waals surface area contributed by atoms with Crippen LogP contribution in [0, 0.1) is 12.8 Å². The van der Waals surface area contributed by atoms with Crippen LogP contribution in [0.2, 0.25) is 0 Å². The molecule has 0 saturated heterocycles. The highest BCUT2D eigenvalue weighted by molar-refractivity contribution is 5.96. The largest absolute Gasteiger partial charge is 0.508 e. The van der Waals surface area contributed by atoms with Crippen LogP contribution in [-0.4, -0.2) is 30.8 Å². The smallest absolute Gasteiger partial charge is 0.251 e. The van der Waals surface area contributed by atoms with E-state index in [-0.39, 0.29) is 11.7 Å². The summed E-state index contributed by atoms with van der Waals surface area (Å²) < 4.78 is 5.37. The summed E-state index contributed by atoms with van der Waals surface area (Å²) in [6.45, 7) is 7.55. The number of carbonyl (C=O) groups excluding carboxylic acids is 1. The Labute approximate surface area is 108 Å². The van der Waals surface area contributed by atoms with E-state index < -0.39 is 0 Å². The van der Waals surface area contributed by atoms with Gasteiger partial charge in [-0.05, 0) is 25.0 Å². The molecule has 18 heavy (non-hydrogen) atoms. The number of phenolic OH excluding ortho intramolecular Hbond substituents is 1. The first-order chi connectivity index (χ1) is 8.52. The van der Waals surface area contributed by atoms with Crippen molar-refractivity contribution in [3.63, 3.8) is 0 Å². The van der Waals surface area contributed by atoms with Crippen LogP contribution >= 0.6 is 0 Å². The average Bonchev–Trinajstić information content (AvgIpc) is 2.31. The maximum Gasteiger partial charge on any atom is 0.251 e. The third-order valence-electron chi connectivity index (χ3n) is 2.53. The van der Waals surface area contributed by atoms with Crippen LogP contribution in [0.4, 0.5) is 0 Å². The van der Waals surface area contributed by atoms with Gasteiger partial charge in [-0.3, -0.25) is 4.79 Å². The number of hydrogen-bond acceptors (Lipinski definition) is 3. The van der Waals surface area contributed by atoms with Crippen LogP contribution in [0.3, 0.4) is 0 Å². The second-order valence-corrected chi connectivity index (χ2v) is 4.67. The zero-order valence-electron chi connectivity index (χ0n) is 11.2. The van der Waals surface area contributed by atoms with Gasteiger partial charge in [-0.25, -0.2) is 0 Å². The van der Waals surface area contributed by atoms with Crippen LogP contribution < -0.4 is 5.32 Å². The molecule has 0 aliphatic heterocycles. The maximum absolute atomic E-state index is 11.8. The van der Waals surface area contributed by atoms with Crippen LogP contribution in [0.5, 0.6) is 5.75 Å². The molecule has 1 aromatic rings. The first-order valence-corrected chi connectivity index (χ1v) is 6.17. The van der Waals surface area contributed by atoms with Crippen molar-refractivity contribution in [3.8, 4) is 5.75 Å². The Morgan fingerprint density at radius 2 is 2.17 bits per heavy atom. The molecule has 0 aromatic heterocycles. The number of ether oxygens (including phenoxy) is 1. The molecule has 0 aliphatic carbocycles. The predicted molar refractivity (Wildman–Crippen MR) is 70.8 cm³/mol. The minimum Gasteiger partial charge on any atom is -0.508 e. The predicted octanol–water partition coefficient (Wildman–Crippen LogP) is 2.10. The van der Waals surface area contributed by atoms with E-state index in [2.05, 4.69) is 19.2 Å². The first-order valence-electron chi connectivity index (χ1n) is 6.17. The van der Waals surface area contributed by atoms with E-state index in [0.29, 0.717) is 36.8 Å². The second-order valence-electron chi connectivity index (χ2n) is 4.67. The standard InChI is InChI=1S/C14H21NO3/c1-10(2)9-18-8-7-15-14(17)12-5-4-6-13(16)11(12)3/h4-6,10,16H,7-9H2,1-3H3,(H,15,17). The highest BCUT2D eigenvalue weighted by Gasteiger charge is 2.10. The van der Waals surface area contributed by atoms with Gasteiger partial charge in [0.05, 0.1) is 6.61 Å². The first kappa shape index (κ1) is 14.5. The van der Waals surface area contributed by atoms with Gasteiger partial charge in [0.15, 0.2) is 0 Å². The third-order valence-corrected chi connectivity index (χ3v) is 2.53. The van der Waals surface area contributed by atoms with Gasteiger partial charge in [0.1, 0.15) is 5.75 Å². The zero-order valence-corrected chi connectivity index (χ0v) is 11.2. The van der Waals surface area contributed by atoms with E-state index in [4.69, 9.17) is 4.74 Å². The van der Waals surface area contributed by atoms with Gasteiger partial charge in [-0.2, -0.15) is 0 Å². The molecule has 0 bridgehead atoms. The van der Waals surface area contributed by atoms with E-state index in [9.17, 15) is 9.90 Å². The molecule has 0 saturated carbocycles. The van der Waals surface area contributed by atoms with Crippen molar-refractivity contribution in [3.05, 3.63) is 29.3 Å². The van der Waals surface area contributed by atoms with Crippen LogP contribution in [0.25, 0.3) is 0 Å². The van der Waals surface area contributed by atoms with E-state index in [0.717, 1.165) is 0 Å². The number of hydrogen-bond donors (Lipinski definition) is 2. The highest BCUT2D eigenvalue weighted by atomic mass is 16.5. The molecule has 0 atom stereocenters. The van der Waals surface area contributed by atoms with E-state index >= 15 is 0 Å². The fourth-order valence-corrected chi connectivity index (χ4v) is 1.52. The SMILES string of the molecule is Cc1c(O)cccc1C(=O)NCCOCC(C)C. The Kier molecular flexibility index (Phi) is 5.65. The summed E-state index contributed by atoms with van der Waals surface area (Å²) in [4.78, 5) is 11.8. The molecular formula is C14H21NO3. The number of nitrogens with one attached hydrogen (secondary N) is 1. The molecule has 4 heteroatoms. The summed E-state index contributed by atoms with van der Waals surface area (Å²) in [5, 5.41) is 12.3. The number of amides is 1. The average molecular weight is 251 g/mol. The molecule has 1 rings (SSSR count). The molecule has 2 N–H and O–H groups in total. The van der Waals surface area contributed by atoms with Gasteiger partial charge < -0.3 is 15.2 Å². The number of aromatic hydroxyl groups is 1. The second kappa shape index (κ2) is 7.01. The Morgan fingerprint density at radius 3 is 2.83 bits per heavy atom. The van der Waals surface area contributed by atoms with E-state index in [1.807, 2.05) is 0 Å². The lowest BCUT2D eigenvalue weighted by Gasteiger charge is -2.10. The summed E-state index contributed by atoms with van der Waals surface area (Å²) in [5.41, 5.74) is 1.09. The minimum absolute atomic E-state index is 0.138. The molecule has 0 aliphatic rings. The summed E-state index contributed by atoms with van der Waals surface area (Å²) in [7, 11) is 0. The van der Waals surface area contributed by atoms with Crippen LogP contribution in [-0.2, 0) is 4.74 Å². The van der Waals surface area contributed by atoms with Crippen molar-refractivity contribution in [1.82, 2.24) is 5.32 Å². The number of benzene rings is 1. The van der Waals surface area contributed by atoms with E-state index in [1.54, 1.807) is 25.1 Å². The lowest BCUT2D eigenvalue weighted by Crippen LogP contribution is -2.28. The molecule has 0 spiro atoms. The van der Waals surface area contributed by atoms with Crippen molar-refractivity contribution in [2.24, 2.45) is 5.92 Å². The molecule has 0 heterocycles. The maximum atomic E-state index is 11.8. The van der Waals surface area contributed by atoms with Gasteiger partial charge in [-0.1, -0.05) is 19.9 Å². The third kappa shape index (κ3) is 4.37. The van der Waals surface area contributed by atoms with Crippen LogP contribution in [0.15, 0.2) is 18.2 Å². The molecule has 0 radical (unpaired) electrons. The number of carbonyl (C=O) groups is 1. The fraction of sp³-hybridized carbons (Fsp3) is 0.500.